The first-order valence-electron chi connectivity index (χ1n) is 6.62. The van der Waals surface area contributed by atoms with Gasteiger partial charge in [0.25, 0.3) is 0 Å². The Morgan fingerprint density at radius 3 is 2.67 bits per heavy atom. The molecule has 3 heteroatoms. The molecular weight excluding hydrogens is 224 g/mol. The molecule has 0 unspecified atom stereocenters. The maximum Gasteiger partial charge on any atom is 0.231 e. The van der Waals surface area contributed by atoms with Crippen LogP contribution in [0.25, 0.3) is 0 Å². The Labute approximate surface area is 109 Å². The van der Waals surface area contributed by atoms with Crippen molar-refractivity contribution < 1.29 is 4.79 Å². The molecule has 2 rings (SSSR count). The van der Waals surface area contributed by atoms with Gasteiger partial charge in [0.05, 0.1) is 5.41 Å². The highest BCUT2D eigenvalue weighted by molar-refractivity contribution is 5.87. The standard InChI is InChI=1S/C15H22N2O/c1-4-11(2)9-13-10-15(5-7-16-8-6-15)14(18)17-12(13)3/h4,9,16H,3,5-8,10H2,1-2H3,(H,17,18)/b11-4-,13-9-. The molecule has 2 aliphatic heterocycles. The molecule has 1 spiro atoms. The van der Waals surface area contributed by atoms with E-state index in [2.05, 4.69) is 36.3 Å². The Hall–Kier alpha value is -1.35. The second-order valence-electron chi connectivity index (χ2n) is 5.34. The fraction of sp³-hybridized carbons (Fsp3) is 0.533. The number of carbonyl (C=O) groups is 1. The maximum absolute atomic E-state index is 12.2. The van der Waals surface area contributed by atoms with Crippen LogP contribution in [-0.2, 0) is 4.79 Å². The molecule has 2 fully saturated rings. The van der Waals surface area contributed by atoms with Crippen LogP contribution < -0.4 is 10.6 Å². The molecule has 98 valence electrons. The number of nitrogens with one attached hydrogen (secondary N) is 2. The van der Waals surface area contributed by atoms with Gasteiger partial charge in [0.2, 0.25) is 5.91 Å². The topological polar surface area (TPSA) is 41.1 Å². The quantitative estimate of drug-likeness (QED) is 0.745. The minimum Gasteiger partial charge on any atom is -0.326 e. The van der Waals surface area contributed by atoms with Crippen LogP contribution in [-0.4, -0.2) is 19.0 Å². The van der Waals surface area contributed by atoms with E-state index in [1.54, 1.807) is 0 Å². The van der Waals surface area contributed by atoms with E-state index in [1.165, 1.54) is 11.1 Å². The van der Waals surface area contributed by atoms with E-state index in [1.807, 2.05) is 6.92 Å². The molecular formula is C15H22N2O. The van der Waals surface area contributed by atoms with Crippen molar-refractivity contribution in [3.63, 3.8) is 0 Å². The van der Waals surface area contributed by atoms with Gasteiger partial charge in [0, 0.05) is 5.70 Å². The Balaban J connectivity index is 2.26. The second-order valence-corrected chi connectivity index (χ2v) is 5.34. The lowest BCUT2D eigenvalue weighted by Gasteiger charge is -2.41. The molecule has 0 atom stereocenters. The van der Waals surface area contributed by atoms with Crippen LogP contribution in [0.2, 0.25) is 0 Å². The van der Waals surface area contributed by atoms with Crippen LogP contribution in [0.15, 0.2) is 35.6 Å². The first-order valence-corrected chi connectivity index (χ1v) is 6.62. The van der Waals surface area contributed by atoms with E-state index in [0.29, 0.717) is 0 Å². The molecule has 0 radical (unpaired) electrons. The highest BCUT2D eigenvalue weighted by atomic mass is 16.2. The Bertz CT molecular complexity index is 426. The highest BCUT2D eigenvalue weighted by Crippen LogP contribution is 2.41. The average molecular weight is 246 g/mol. The van der Waals surface area contributed by atoms with Crippen molar-refractivity contribution in [3.8, 4) is 0 Å². The van der Waals surface area contributed by atoms with Crippen molar-refractivity contribution in [2.24, 2.45) is 5.41 Å². The number of amides is 1. The van der Waals surface area contributed by atoms with Crippen molar-refractivity contribution in [2.45, 2.75) is 33.1 Å². The largest absolute Gasteiger partial charge is 0.326 e. The third kappa shape index (κ3) is 2.41. The first-order chi connectivity index (χ1) is 8.57. The van der Waals surface area contributed by atoms with Crippen molar-refractivity contribution in [3.05, 3.63) is 35.6 Å². The molecule has 2 saturated heterocycles. The molecule has 2 N–H and O–H groups in total. The van der Waals surface area contributed by atoms with Crippen molar-refractivity contribution in [2.75, 3.05) is 13.1 Å². The van der Waals surface area contributed by atoms with Gasteiger partial charge in [-0.3, -0.25) is 4.79 Å². The number of rotatable bonds is 1. The SMILES string of the molecule is C=C1NC(=O)C2(CCNCC2)C/C1=C/C(C)=C\C. The lowest BCUT2D eigenvalue weighted by atomic mass is 9.70. The Kier molecular flexibility index (Phi) is 3.71. The molecule has 1 amide bonds. The summed E-state index contributed by atoms with van der Waals surface area (Å²) < 4.78 is 0. The van der Waals surface area contributed by atoms with E-state index in [9.17, 15) is 4.79 Å². The van der Waals surface area contributed by atoms with Crippen molar-refractivity contribution >= 4 is 5.91 Å². The maximum atomic E-state index is 12.2. The summed E-state index contributed by atoms with van der Waals surface area (Å²) in [5, 5.41) is 6.28. The van der Waals surface area contributed by atoms with Gasteiger partial charge in [-0.05, 0) is 51.8 Å². The molecule has 0 saturated carbocycles. The molecule has 2 aliphatic rings. The van der Waals surface area contributed by atoms with Crippen LogP contribution in [0.4, 0.5) is 0 Å². The normalized spacial score (nSPS) is 26.6. The van der Waals surface area contributed by atoms with Crippen molar-refractivity contribution in [1.82, 2.24) is 10.6 Å². The molecule has 0 aromatic carbocycles. The summed E-state index contributed by atoms with van der Waals surface area (Å²) in [6, 6.07) is 0. The van der Waals surface area contributed by atoms with Crippen LogP contribution in [0.3, 0.4) is 0 Å². The lowest BCUT2D eigenvalue weighted by molar-refractivity contribution is -0.132. The number of allylic oxidation sites excluding steroid dienone is 4. The summed E-state index contributed by atoms with van der Waals surface area (Å²) >= 11 is 0. The molecule has 18 heavy (non-hydrogen) atoms. The van der Waals surface area contributed by atoms with Gasteiger partial charge in [0.15, 0.2) is 0 Å². The fourth-order valence-electron chi connectivity index (χ4n) is 2.71. The fourth-order valence-corrected chi connectivity index (χ4v) is 2.71. The zero-order chi connectivity index (χ0) is 13.2. The minimum absolute atomic E-state index is 0.157. The second kappa shape index (κ2) is 5.11. The van der Waals surface area contributed by atoms with Gasteiger partial charge in [0.1, 0.15) is 0 Å². The summed E-state index contributed by atoms with van der Waals surface area (Å²) in [7, 11) is 0. The number of hydrogen-bond acceptors (Lipinski definition) is 2. The van der Waals surface area contributed by atoms with Gasteiger partial charge in [-0.2, -0.15) is 0 Å². The highest BCUT2D eigenvalue weighted by Gasteiger charge is 2.43. The van der Waals surface area contributed by atoms with Gasteiger partial charge in [-0.25, -0.2) is 0 Å². The zero-order valence-corrected chi connectivity index (χ0v) is 11.3. The van der Waals surface area contributed by atoms with E-state index in [0.717, 1.165) is 38.0 Å². The summed E-state index contributed by atoms with van der Waals surface area (Å²) in [6.45, 7) is 9.92. The number of hydrogen-bond donors (Lipinski definition) is 2. The smallest absolute Gasteiger partial charge is 0.231 e. The van der Waals surface area contributed by atoms with E-state index in [-0.39, 0.29) is 11.3 Å². The monoisotopic (exact) mass is 246 g/mol. The van der Waals surface area contributed by atoms with Crippen LogP contribution in [0, 0.1) is 5.41 Å². The van der Waals surface area contributed by atoms with E-state index in [4.69, 9.17) is 0 Å². The lowest BCUT2D eigenvalue weighted by Crippen LogP contribution is -2.50. The summed E-state index contributed by atoms with van der Waals surface area (Å²) in [6.07, 6.45) is 6.87. The van der Waals surface area contributed by atoms with Gasteiger partial charge >= 0.3 is 0 Å². The van der Waals surface area contributed by atoms with Gasteiger partial charge in [-0.1, -0.05) is 24.3 Å². The van der Waals surface area contributed by atoms with Crippen molar-refractivity contribution in [1.29, 1.82) is 0 Å². The molecule has 0 aliphatic carbocycles. The van der Waals surface area contributed by atoms with Gasteiger partial charge in [-0.15, -0.1) is 0 Å². The van der Waals surface area contributed by atoms with E-state index >= 15 is 0 Å². The van der Waals surface area contributed by atoms with Gasteiger partial charge < -0.3 is 10.6 Å². The van der Waals surface area contributed by atoms with Crippen LogP contribution in [0.5, 0.6) is 0 Å². The third-order valence-corrected chi connectivity index (χ3v) is 4.08. The van der Waals surface area contributed by atoms with Crippen LogP contribution >= 0.6 is 0 Å². The molecule has 0 aromatic heterocycles. The number of carbonyl (C=O) groups excluding carboxylic acids is 1. The predicted molar refractivity (Wildman–Crippen MR) is 74.0 cm³/mol. The Morgan fingerprint density at radius 1 is 1.39 bits per heavy atom. The summed E-state index contributed by atoms with van der Waals surface area (Å²) in [5.41, 5.74) is 2.94. The van der Waals surface area contributed by atoms with Crippen LogP contribution in [0.1, 0.15) is 33.1 Å². The molecule has 3 nitrogen and oxygen atoms in total. The first kappa shape index (κ1) is 13.1. The predicted octanol–water partition coefficient (Wildman–Crippen LogP) is 2.28. The molecule has 0 aromatic rings. The summed E-state index contributed by atoms with van der Waals surface area (Å²) in [4.78, 5) is 12.2. The van der Waals surface area contributed by atoms with E-state index < -0.39 is 0 Å². The number of piperidine rings is 2. The Morgan fingerprint density at radius 2 is 2.06 bits per heavy atom. The summed E-state index contributed by atoms with van der Waals surface area (Å²) in [5.74, 6) is 0.157. The third-order valence-electron chi connectivity index (χ3n) is 4.08. The molecule has 2 heterocycles. The minimum atomic E-state index is -0.216. The zero-order valence-electron chi connectivity index (χ0n) is 11.3. The average Bonchev–Trinajstić information content (AvgIpc) is 2.37. The molecule has 0 bridgehead atoms.